The zero-order valence-electron chi connectivity index (χ0n) is 9.19. The summed E-state index contributed by atoms with van der Waals surface area (Å²) in [6, 6.07) is 0.383. The number of rotatable bonds is 6. The van der Waals surface area contributed by atoms with Crippen molar-refractivity contribution in [2.45, 2.75) is 65.8 Å². The van der Waals surface area contributed by atoms with Gasteiger partial charge >= 0.3 is 0 Å². The lowest BCUT2D eigenvalue weighted by Gasteiger charge is -2.31. The zero-order chi connectivity index (χ0) is 9.61. The minimum atomic E-state index is 0.339. The molecule has 2 N–H and O–H groups in total. The first-order valence-electron chi connectivity index (χ1n) is 5.30. The molecule has 0 amide bonds. The highest BCUT2D eigenvalue weighted by Gasteiger charge is 2.24. The highest BCUT2D eigenvalue weighted by Crippen LogP contribution is 2.28. The van der Waals surface area contributed by atoms with Crippen LogP contribution >= 0.6 is 0 Å². The van der Waals surface area contributed by atoms with Crippen LogP contribution in [0.3, 0.4) is 0 Å². The molecule has 1 unspecified atom stereocenters. The predicted molar refractivity (Wildman–Crippen MR) is 56.2 cm³/mol. The van der Waals surface area contributed by atoms with Crippen molar-refractivity contribution in [3.8, 4) is 0 Å². The van der Waals surface area contributed by atoms with Crippen molar-refractivity contribution >= 4 is 0 Å². The summed E-state index contributed by atoms with van der Waals surface area (Å²) in [6.07, 6.45) is 6.23. The molecule has 1 nitrogen and oxygen atoms in total. The molecule has 0 aliphatic carbocycles. The largest absolute Gasteiger partial charge is 0.327 e. The van der Waals surface area contributed by atoms with Gasteiger partial charge in [-0.2, -0.15) is 0 Å². The summed E-state index contributed by atoms with van der Waals surface area (Å²) < 4.78 is 0. The Kier molecular flexibility index (Phi) is 5.56. The maximum atomic E-state index is 6.10. The molecular formula is C11H25N. The van der Waals surface area contributed by atoms with Gasteiger partial charge in [-0.3, -0.25) is 0 Å². The molecule has 0 heterocycles. The average molecular weight is 171 g/mol. The van der Waals surface area contributed by atoms with E-state index < -0.39 is 0 Å². The summed E-state index contributed by atoms with van der Waals surface area (Å²) in [5.41, 5.74) is 6.44. The van der Waals surface area contributed by atoms with Crippen LogP contribution in [0.1, 0.15) is 59.8 Å². The van der Waals surface area contributed by atoms with Gasteiger partial charge in [-0.1, -0.05) is 47.0 Å². The van der Waals surface area contributed by atoms with Gasteiger partial charge in [-0.15, -0.1) is 0 Å². The van der Waals surface area contributed by atoms with E-state index in [2.05, 4.69) is 27.7 Å². The van der Waals surface area contributed by atoms with Crippen LogP contribution in [0.5, 0.6) is 0 Å². The van der Waals surface area contributed by atoms with Crippen molar-refractivity contribution in [2.75, 3.05) is 0 Å². The Labute approximate surface area is 77.7 Å². The molecule has 12 heavy (non-hydrogen) atoms. The molecule has 1 heteroatoms. The van der Waals surface area contributed by atoms with E-state index in [0.29, 0.717) is 11.5 Å². The molecule has 0 aromatic rings. The van der Waals surface area contributed by atoms with Crippen molar-refractivity contribution in [3.63, 3.8) is 0 Å². The number of nitrogens with two attached hydrogens (primary N) is 1. The van der Waals surface area contributed by atoms with Gasteiger partial charge in [0.05, 0.1) is 0 Å². The highest BCUT2D eigenvalue weighted by molar-refractivity contribution is 4.80. The van der Waals surface area contributed by atoms with Gasteiger partial charge in [0.2, 0.25) is 0 Å². The Morgan fingerprint density at radius 3 is 2.17 bits per heavy atom. The topological polar surface area (TPSA) is 26.0 Å². The number of hydrogen-bond donors (Lipinski definition) is 1. The number of hydrogen-bond acceptors (Lipinski definition) is 1. The monoisotopic (exact) mass is 171 g/mol. The molecular weight excluding hydrogens is 146 g/mol. The number of unbranched alkanes of at least 4 members (excludes halogenated alkanes) is 1. The van der Waals surface area contributed by atoms with Crippen molar-refractivity contribution in [3.05, 3.63) is 0 Å². The van der Waals surface area contributed by atoms with Crippen LogP contribution in [0.25, 0.3) is 0 Å². The van der Waals surface area contributed by atoms with Crippen LogP contribution in [0.4, 0.5) is 0 Å². The van der Waals surface area contributed by atoms with Crippen LogP contribution in [-0.4, -0.2) is 6.04 Å². The molecule has 0 fully saturated rings. The quantitative estimate of drug-likeness (QED) is 0.652. The van der Waals surface area contributed by atoms with Crippen LogP contribution in [0, 0.1) is 5.41 Å². The molecule has 0 aromatic carbocycles. The van der Waals surface area contributed by atoms with Crippen molar-refractivity contribution in [1.82, 2.24) is 0 Å². The molecule has 0 aliphatic rings. The van der Waals surface area contributed by atoms with E-state index in [4.69, 9.17) is 5.73 Å². The molecule has 0 aromatic heterocycles. The predicted octanol–water partition coefficient (Wildman–Crippen LogP) is 3.33. The van der Waals surface area contributed by atoms with Gasteiger partial charge in [0, 0.05) is 6.04 Å². The van der Waals surface area contributed by atoms with Crippen molar-refractivity contribution in [1.29, 1.82) is 0 Å². The van der Waals surface area contributed by atoms with E-state index in [9.17, 15) is 0 Å². The third kappa shape index (κ3) is 4.10. The minimum absolute atomic E-state index is 0.339. The maximum Gasteiger partial charge on any atom is 0.00901 e. The molecule has 74 valence electrons. The minimum Gasteiger partial charge on any atom is -0.327 e. The van der Waals surface area contributed by atoms with E-state index in [0.717, 1.165) is 6.42 Å². The Bertz CT molecular complexity index is 108. The van der Waals surface area contributed by atoms with Crippen molar-refractivity contribution in [2.24, 2.45) is 11.1 Å². The summed E-state index contributed by atoms with van der Waals surface area (Å²) >= 11 is 0. The van der Waals surface area contributed by atoms with Gasteiger partial charge in [-0.25, -0.2) is 0 Å². The van der Waals surface area contributed by atoms with Crippen LogP contribution < -0.4 is 5.73 Å². The van der Waals surface area contributed by atoms with Crippen LogP contribution in [0.15, 0.2) is 0 Å². The standard InChI is InChI=1S/C11H25N/c1-5-7-9-11(3,4)10(12)8-6-2/h10H,5-9,12H2,1-4H3. The third-order valence-electron chi connectivity index (χ3n) is 2.78. The van der Waals surface area contributed by atoms with E-state index in [-0.39, 0.29) is 0 Å². The lowest BCUT2D eigenvalue weighted by atomic mass is 9.78. The third-order valence-corrected chi connectivity index (χ3v) is 2.78. The lowest BCUT2D eigenvalue weighted by molar-refractivity contribution is 0.243. The summed E-state index contributed by atoms with van der Waals surface area (Å²) in [7, 11) is 0. The molecule has 0 rings (SSSR count). The van der Waals surface area contributed by atoms with E-state index >= 15 is 0 Å². The fourth-order valence-electron chi connectivity index (χ4n) is 1.52. The normalized spacial score (nSPS) is 14.8. The first-order valence-corrected chi connectivity index (χ1v) is 5.30. The van der Waals surface area contributed by atoms with Gasteiger partial charge in [0.15, 0.2) is 0 Å². The SMILES string of the molecule is CCCCC(C)(C)C(N)CCC. The second kappa shape index (κ2) is 5.58. The molecule has 1 atom stereocenters. The maximum absolute atomic E-state index is 6.10. The second-order valence-electron chi connectivity index (χ2n) is 4.49. The molecule has 0 bridgehead atoms. The molecule has 0 saturated heterocycles. The summed E-state index contributed by atoms with van der Waals surface area (Å²) in [4.78, 5) is 0. The fraction of sp³-hybridized carbons (Fsp3) is 1.00. The molecule has 0 radical (unpaired) electrons. The van der Waals surface area contributed by atoms with Gasteiger partial charge in [0.25, 0.3) is 0 Å². The van der Waals surface area contributed by atoms with E-state index in [1.54, 1.807) is 0 Å². The van der Waals surface area contributed by atoms with Gasteiger partial charge in [0.1, 0.15) is 0 Å². The Morgan fingerprint density at radius 1 is 1.17 bits per heavy atom. The Balaban J connectivity index is 3.81. The summed E-state index contributed by atoms with van der Waals surface area (Å²) in [6.45, 7) is 9.03. The van der Waals surface area contributed by atoms with Gasteiger partial charge < -0.3 is 5.73 Å². The molecule has 0 aliphatic heterocycles. The summed E-state index contributed by atoms with van der Waals surface area (Å²) in [5, 5.41) is 0. The zero-order valence-corrected chi connectivity index (χ0v) is 9.19. The van der Waals surface area contributed by atoms with Crippen LogP contribution in [-0.2, 0) is 0 Å². The summed E-state index contributed by atoms with van der Waals surface area (Å²) in [5.74, 6) is 0. The second-order valence-corrected chi connectivity index (χ2v) is 4.49. The van der Waals surface area contributed by atoms with Gasteiger partial charge in [-0.05, 0) is 18.3 Å². The van der Waals surface area contributed by atoms with Crippen molar-refractivity contribution < 1.29 is 0 Å². The lowest BCUT2D eigenvalue weighted by Crippen LogP contribution is -2.37. The average Bonchev–Trinajstić information content (AvgIpc) is 2.01. The smallest absolute Gasteiger partial charge is 0.00901 e. The van der Waals surface area contributed by atoms with E-state index in [1.165, 1.54) is 25.7 Å². The Hall–Kier alpha value is -0.0400. The first kappa shape index (κ1) is 12.0. The van der Waals surface area contributed by atoms with E-state index in [1.807, 2.05) is 0 Å². The first-order chi connectivity index (χ1) is 5.54. The highest BCUT2D eigenvalue weighted by atomic mass is 14.7. The molecule has 0 saturated carbocycles. The fourth-order valence-corrected chi connectivity index (χ4v) is 1.52. The van der Waals surface area contributed by atoms with Crippen LogP contribution in [0.2, 0.25) is 0 Å². The molecule has 0 spiro atoms. The Morgan fingerprint density at radius 2 is 1.75 bits per heavy atom.